The second-order valence-electron chi connectivity index (χ2n) is 5.54. The first-order valence-electron chi connectivity index (χ1n) is 7.96. The van der Waals surface area contributed by atoms with Crippen molar-refractivity contribution in [2.24, 2.45) is 0 Å². The summed E-state index contributed by atoms with van der Waals surface area (Å²) in [4.78, 5) is 23.7. The lowest BCUT2D eigenvalue weighted by atomic mass is 10.2. The SMILES string of the molecule is Cc1nnc(S/C(=C/c2ccc(Sc3ccc(Cl)cc3)c([N+](=O)[O-])c2)C(=O)O)o1. The fourth-order valence-electron chi connectivity index (χ4n) is 2.18. The molecule has 0 aliphatic carbocycles. The summed E-state index contributed by atoms with van der Waals surface area (Å²) in [6.45, 7) is 1.58. The number of halogens is 1. The summed E-state index contributed by atoms with van der Waals surface area (Å²) in [7, 11) is 0. The van der Waals surface area contributed by atoms with Gasteiger partial charge in [0.05, 0.1) is 9.82 Å². The van der Waals surface area contributed by atoms with Crippen molar-refractivity contribution in [1.29, 1.82) is 0 Å². The van der Waals surface area contributed by atoms with Gasteiger partial charge in [-0.15, -0.1) is 10.2 Å². The molecule has 0 radical (unpaired) electrons. The van der Waals surface area contributed by atoms with Gasteiger partial charge in [-0.3, -0.25) is 10.1 Å². The Balaban J connectivity index is 1.91. The molecule has 148 valence electrons. The summed E-state index contributed by atoms with van der Waals surface area (Å²) in [5, 5.41) is 29.0. The maximum atomic E-state index is 11.5. The first-order chi connectivity index (χ1) is 13.8. The molecule has 2 aromatic carbocycles. The van der Waals surface area contributed by atoms with Crippen molar-refractivity contribution in [3.8, 4) is 0 Å². The standard InChI is InChI=1S/C18H12ClN3O5S2/c1-10-20-21-18(27-10)29-16(17(23)24)9-11-2-7-15(14(8-11)22(25)26)28-13-5-3-12(19)4-6-13/h2-9H,1H3,(H,23,24)/b16-9+. The van der Waals surface area contributed by atoms with E-state index >= 15 is 0 Å². The summed E-state index contributed by atoms with van der Waals surface area (Å²) < 4.78 is 5.17. The molecule has 0 saturated carbocycles. The van der Waals surface area contributed by atoms with E-state index in [1.54, 1.807) is 43.3 Å². The molecule has 1 aromatic heterocycles. The van der Waals surface area contributed by atoms with Crippen LogP contribution in [0.2, 0.25) is 5.02 Å². The zero-order valence-electron chi connectivity index (χ0n) is 14.7. The van der Waals surface area contributed by atoms with Gasteiger partial charge in [0.2, 0.25) is 5.89 Å². The molecule has 0 bridgehead atoms. The average molecular weight is 450 g/mol. The Kier molecular flexibility index (Phi) is 6.57. The topological polar surface area (TPSA) is 119 Å². The number of nitrogens with zero attached hydrogens (tertiary/aromatic N) is 3. The van der Waals surface area contributed by atoms with Gasteiger partial charge >= 0.3 is 5.97 Å². The Morgan fingerprint density at radius 3 is 2.55 bits per heavy atom. The van der Waals surface area contributed by atoms with E-state index in [4.69, 9.17) is 16.0 Å². The Morgan fingerprint density at radius 2 is 1.97 bits per heavy atom. The predicted octanol–water partition coefficient (Wildman–Crippen LogP) is 5.31. The second kappa shape index (κ2) is 9.12. The van der Waals surface area contributed by atoms with Crippen LogP contribution >= 0.6 is 35.1 Å². The lowest BCUT2D eigenvalue weighted by Gasteiger charge is -2.05. The predicted molar refractivity (Wildman–Crippen MR) is 109 cm³/mol. The molecule has 1 N–H and O–H groups in total. The number of nitro benzene ring substituents is 1. The van der Waals surface area contributed by atoms with E-state index in [0.717, 1.165) is 16.7 Å². The van der Waals surface area contributed by atoms with Crippen LogP contribution in [-0.2, 0) is 4.79 Å². The molecule has 0 saturated heterocycles. The monoisotopic (exact) mass is 449 g/mol. The molecule has 0 atom stereocenters. The van der Waals surface area contributed by atoms with Crippen LogP contribution in [0.25, 0.3) is 6.08 Å². The highest BCUT2D eigenvalue weighted by Crippen LogP contribution is 2.37. The number of rotatable bonds is 7. The van der Waals surface area contributed by atoms with Crippen molar-refractivity contribution in [2.75, 3.05) is 0 Å². The molecular weight excluding hydrogens is 438 g/mol. The van der Waals surface area contributed by atoms with Crippen molar-refractivity contribution >= 4 is 52.9 Å². The summed E-state index contributed by atoms with van der Waals surface area (Å²) >= 11 is 7.84. The van der Waals surface area contributed by atoms with Gasteiger partial charge in [-0.05, 0) is 53.7 Å². The summed E-state index contributed by atoms with van der Waals surface area (Å²) in [6, 6.07) is 11.4. The zero-order chi connectivity index (χ0) is 21.0. The van der Waals surface area contributed by atoms with E-state index in [1.165, 1.54) is 23.9 Å². The number of aryl methyl sites for hydroxylation is 1. The largest absolute Gasteiger partial charge is 0.477 e. The molecule has 1 heterocycles. The van der Waals surface area contributed by atoms with Gasteiger partial charge < -0.3 is 9.52 Å². The van der Waals surface area contributed by atoms with Crippen LogP contribution in [0.15, 0.2) is 66.8 Å². The molecule has 11 heteroatoms. The fraction of sp³-hybridized carbons (Fsp3) is 0.0556. The van der Waals surface area contributed by atoms with Gasteiger partial charge in [0.15, 0.2) is 0 Å². The van der Waals surface area contributed by atoms with E-state index in [1.807, 2.05) is 0 Å². The third kappa shape index (κ3) is 5.59. The zero-order valence-corrected chi connectivity index (χ0v) is 17.1. The van der Waals surface area contributed by atoms with Gasteiger partial charge in [0.1, 0.15) is 4.91 Å². The number of thioether (sulfide) groups is 1. The number of carboxylic acid groups (broad SMARTS) is 1. The van der Waals surface area contributed by atoms with Crippen molar-refractivity contribution in [1.82, 2.24) is 10.2 Å². The number of aliphatic carboxylic acids is 1. The normalized spacial score (nSPS) is 11.4. The van der Waals surface area contributed by atoms with Crippen molar-refractivity contribution in [2.45, 2.75) is 21.9 Å². The molecule has 0 fully saturated rings. The highest BCUT2D eigenvalue weighted by atomic mass is 35.5. The quantitative estimate of drug-likeness (QED) is 0.221. The Labute approximate surface area is 178 Å². The smallest absolute Gasteiger partial charge is 0.342 e. The van der Waals surface area contributed by atoms with Gasteiger partial charge in [0.25, 0.3) is 10.9 Å². The van der Waals surface area contributed by atoms with Gasteiger partial charge in [-0.1, -0.05) is 29.4 Å². The van der Waals surface area contributed by atoms with Gasteiger partial charge in [-0.2, -0.15) is 0 Å². The van der Waals surface area contributed by atoms with E-state index in [-0.39, 0.29) is 15.8 Å². The van der Waals surface area contributed by atoms with Crippen LogP contribution in [0.1, 0.15) is 11.5 Å². The molecule has 0 spiro atoms. The lowest BCUT2D eigenvalue weighted by Crippen LogP contribution is -1.97. The number of hydrogen-bond acceptors (Lipinski definition) is 8. The van der Waals surface area contributed by atoms with E-state index in [2.05, 4.69) is 10.2 Å². The summed E-state index contributed by atoms with van der Waals surface area (Å²) in [6.07, 6.45) is 1.32. The van der Waals surface area contributed by atoms with E-state index < -0.39 is 10.9 Å². The molecule has 3 rings (SSSR count). The molecule has 0 amide bonds. The van der Waals surface area contributed by atoms with Crippen LogP contribution in [0.4, 0.5) is 5.69 Å². The third-order valence-electron chi connectivity index (χ3n) is 3.43. The van der Waals surface area contributed by atoms with Crippen LogP contribution in [0, 0.1) is 17.0 Å². The molecular formula is C18H12ClN3O5S2. The average Bonchev–Trinajstić information content (AvgIpc) is 3.08. The van der Waals surface area contributed by atoms with Crippen molar-refractivity contribution < 1.29 is 19.2 Å². The Bertz CT molecular complexity index is 1100. The number of carboxylic acids is 1. The number of nitro groups is 1. The van der Waals surface area contributed by atoms with Crippen molar-refractivity contribution in [3.05, 3.63) is 74.0 Å². The minimum absolute atomic E-state index is 0.0700. The third-order valence-corrected chi connectivity index (χ3v) is 5.61. The maximum Gasteiger partial charge on any atom is 0.342 e. The Hall–Kier alpha value is -2.82. The molecule has 3 aromatic rings. The van der Waals surface area contributed by atoms with Crippen LogP contribution in [0.3, 0.4) is 0 Å². The minimum Gasteiger partial charge on any atom is -0.477 e. The van der Waals surface area contributed by atoms with Gasteiger partial charge in [-0.25, -0.2) is 4.79 Å². The van der Waals surface area contributed by atoms with Crippen LogP contribution < -0.4 is 0 Å². The van der Waals surface area contributed by atoms with Crippen molar-refractivity contribution in [3.63, 3.8) is 0 Å². The second-order valence-corrected chi connectivity index (χ2v) is 8.09. The fourth-order valence-corrected chi connectivity index (χ4v) is 3.92. The lowest BCUT2D eigenvalue weighted by molar-refractivity contribution is -0.387. The van der Waals surface area contributed by atoms with E-state index in [9.17, 15) is 20.0 Å². The number of benzene rings is 2. The molecule has 8 nitrogen and oxygen atoms in total. The molecule has 0 aliphatic heterocycles. The summed E-state index contributed by atoms with van der Waals surface area (Å²) in [5.74, 6) is -0.912. The highest BCUT2D eigenvalue weighted by molar-refractivity contribution is 8.03. The van der Waals surface area contributed by atoms with Gasteiger partial charge in [0, 0.05) is 22.9 Å². The first-order valence-corrected chi connectivity index (χ1v) is 9.98. The number of carbonyl (C=O) groups is 1. The Morgan fingerprint density at radius 1 is 1.24 bits per heavy atom. The summed E-state index contributed by atoms with van der Waals surface area (Å²) in [5.41, 5.74) is 0.223. The van der Waals surface area contributed by atoms with Crippen LogP contribution in [0.5, 0.6) is 0 Å². The number of hydrogen-bond donors (Lipinski definition) is 1. The van der Waals surface area contributed by atoms with Crippen LogP contribution in [-0.4, -0.2) is 26.2 Å². The molecule has 0 aliphatic rings. The number of aromatic nitrogens is 2. The maximum absolute atomic E-state index is 11.5. The highest BCUT2D eigenvalue weighted by Gasteiger charge is 2.18. The minimum atomic E-state index is -1.21. The first kappa shape index (κ1) is 20.9. The molecule has 0 unspecified atom stereocenters. The molecule has 29 heavy (non-hydrogen) atoms. The van der Waals surface area contributed by atoms with E-state index in [0.29, 0.717) is 21.4 Å².